The minimum Gasteiger partial charge on any atom is -0.292 e. The number of alkyl halides is 3. The van der Waals surface area contributed by atoms with Crippen molar-refractivity contribution in [3.8, 4) is 0 Å². The molecule has 0 bridgehead atoms. The predicted molar refractivity (Wildman–Crippen MR) is 62.8 cm³/mol. The Bertz CT molecular complexity index is 214. The fourth-order valence-corrected chi connectivity index (χ4v) is 2.33. The molecular formula is C11H20F3NS. The van der Waals surface area contributed by atoms with Crippen molar-refractivity contribution in [3.05, 3.63) is 0 Å². The Morgan fingerprint density at radius 3 is 2.19 bits per heavy atom. The lowest BCUT2D eigenvalue weighted by Gasteiger charge is -2.29. The number of halogens is 3. The van der Waals surface area contributed by atoms with Crippen LogP contribution >= 0.6 is 12.6 Å². The quantitative estimate of drug-likeness (QED) is 0.713. The molecule has 0 saturated heterocycles. The van der Waals surface area contributed by atoms with E-state index in [2.05, 4.69) is 12.6 Å². The molecule has 16 heavy (non-hydrogen) atoms. The summed E-state index contributed by atoms with van der Waals surface area (Å²) in [5, 5.41) is 0. The van der Waals surface area contributed by atoms with Crippen molar-refractivity contribution in [2.75, 3.05) is 18.8 Å². The molecule has 1 aliphatic carbocycles. The lowest BCUT2D eigenvalue weighted by atomic mass is 9.97. The molecule has 0 heterocycles. The van der Waals surface area contributed by atoms with Gasteiger partial charge in [0.25, 0.3) is 0 Å². The number of hydrogen-bond donors (Lipinski definition) is 1. The molecule has 1 nitrogen and oxygen atoms in total. The van der Waals surface area contributed by atoms with Gasteiger partial charge in [-0.15, -0.1) is 0 Å². The molecule has 1 atom stereocenters. The summed E-state index contributed by atoms with van der Waals surface area (Å²) in [6, 6.07) is 0.155. The van der Waals surface area contributed by atoms with Gasteiger partial charge in [0.15, 0.2) is 0 Å². The van der Waals surface area contributed by atoms with Crippen LogP contribution in [0.5, 0.6) is 0 Å². The first kappa shape index (κ1) is 14.2. The van der Waals surface area contributed by atoms with E-state index >= 15 is 0 Å². The Kier molecular flexibility index (Phi) is 4.98. The third-order valence-electron chi connectivity index (χ3n) is 3.09. The standard InChI is InChI=1S/C11H20F3NS/c1-8(2)9(6-16)5-15(10-3-4-10)7-11(12,13)14/h8-10,16H,3-7H2,1-2H3. The van der Waals surface area contributed by atoms with Crippen LogP contribution in [0.15, 0.2) is 0 Å². The highest BCUT2D eigenvalue weighted by Crippen LogP contribution is 2.31. The van der Waals surface area contributed by atoms with Gasteiger partial charge in [0.05, 0.1) is 6.54 Å². The second-order valence-corrected chi connectivity index (χ2v) is 5.33. The van der Waals surface area contributed by atoms with Gasteiger partial charge >= 0.3 is 6.18 Å². The van der Waals surface area contributed by atoms with E-state index in [1.165, 1.54) is 0 Å². The van der Waals surface area contributed by atoms with E-state index < -0.39 is 12.7 Å². The Hall–Kier alpha value is 0.100. The Balaban J connectivity index is 2.50. The highest BCUT2D eigenvalue weighted by Gasteiger charge is 2.38. The third-order valence-corrected chi connectivity index (χ3v) is 3.56. The van der Waals surface area contributed by atoms with E-state index in [0.29, 0.717) is 18.2 Å². The van der Waals surface area contributed by atoms with Crippen LogP contribution < -0.4 is 0 Å². The summed E-state index contributed by atoms with van der Waals surface area (Å²) in [6.45, 7) is 3.83. The maximum atomic E-state index is 12.4. The van der Waals surface area contributed by atoms with Crippen LogP contribution in [-0.4, -0.2) is 36.0 Å². The number of rotatable bonds is 6. The summed E-state index contributed by atoms with van der Waals surface area (Å²) < 4.78 is 37.2. The van der Waals surface area contributed by atoms with E-state index in [0.717, 1.165) is 12.8 Å². The van der Waals surface area contributed by atoms with Crippen LogP contribution in [0.4, 0.5) is 13.2 Å². The Morgan fingerprint density at radius 1 is 1.31 bits per heavy atom. The first-order chi connectivity index (χ1) is 7.33. The molecule has 0 aliphatic heterocycles. The zero-order valence-electron chi connectivity index (χ0n) is 9.80. The fourth-order valence-electron chi connectivity index (χ4n) is 1.79. The van der Waals surface area contributed by atoms with Crippen LogP contribution in [-0.2, 0) is 0 Å². The predicted octanol–water partition coefficient (Wildman–Crippen LogP) is 3.22. The van der Waals surface area contributed by atoms with Gasteiger partial charge in [0, 0.05) is 12.6 Å². The van der Waals surface area contributed by atoms with Gasteiger partial charge in [-0.2, -0.15) is 25.8 Å². The topological polar surface area (TPSA) is 3.24 Å². The first-order valence-corrected chi connectivity index (χ1v) is 6.38. The van der Waals surface area contributed by atoms with E-state index in [-0.39, 0.29) is 12.0 Å². The van der Waals surface area contributed by atoms with Gasteiger partial charge in [-0.05, 0) is 30.4 Å². The molecule has 0 spiro atoms. The van der Waals surface area contributed by atoms with Crippen LogP contribution in [0.25, 0.3) is 0 Å². The molecule has 0 radical (unpaired) electrons. The van der Waals surface area contributed by atoms with Crippen molar-refractivity contribution in [1.29, 1.82) is 0 Å². The Labute approximate surface area is 101 Å². The smallest absolute Gasteiger partial charge is 0.292 e. The van der Waals surface area contributed by atoms with E-state index in [1.807, 2.05) is 13.8 Å². The van der Waals surface area contributed by atoms with Gasteiger partial charge in [0.2, 0.25) is 0 Å². The van der Waals surface area contributed by atoms with E-state index in [1.54, 1.807) is 4.90 Å². The second-order valence-electron chi connectivity index (χ2n) is 4.96. The molecule has 0 aromatic heterocycles. The molecule has 0 N–H and O–H groups in total. The van der Waals surface area contributed by atoms with Gasteiger partial charge in [-0.1, -0.05) is 13.8 Å². The third kappa shape index (κ3) is 4.95. The molecule has 0 aromatic carbocycles. The molecule has 1 unspecified atom stereocenters. The van der Waals surface area contributed by atoms with Crippen molar-refractivity contribution in [2.24, 2.45) is 11.8 Å². The monoisotopic (exact) mass is 255 g/mol. The normalized spacial score (nSPS) is 19.5. The number of hydrogen-bond acceptors (Lipinski definition) is 2. The van der Waals surface area contributed by atoms with Crippen molar-refractivity contribution in [2.45, 2.75) is 38.9 Å². The lowest BCUT2D eigenvalue weighted by Crippen LogP contribution is -2.40. The Morgan fingerprint density at radius 2 is 1.88 bits per heavy atom. The van der Waals surface area contributed by atoms with Crippen LogP contribution in [0.2, 0.25) is 0 Å². The van der Waals surface area contributed by atoms with Crippen molar-refractivity contribution in [3.63, 3.8) is 0 Å². The highest BCUT2D eigenvalue weighted by atomic mass is 32.1. The number of nitrogens with zero attached hydrogens (tertiary/aromatic N) is 1. The molecule has 1 saturated carbocycles. The second kappa shape index (κ2) is 5.63. The molecule has 0 aromatic rings. The van der Waals surface area contributed by atoms with E-state index in [4.69, 9.17) is 0 Å². The maximum Gasteiger partial charge on any atom is 0.401 e. The summed E-state index contributed by atoms with van der Waals surface area (Å²) >= 11 is 4.22. The summed E-state index contributed by atoms with van der Waals surface area (Å²) in [5.41, 5.74) is 0. The van der Waals surface area contributed by atoms with Crippen molar-refractivity contribution in [1.82, 2.24) is 4.90 Å². The number of thiol groups is 1. The molecule has 96 valence electrons. The fraction of sp³-hybridized carbons (Fsp3) is 1.00. The van der Waals surface area contributed by atoms with Crippen LogP contribution in [0, 0.1) is 11.8 Å². The van der Waals surface area contributed by atoms with Gasteiger partial charge in [0.1, 0.15) is 0 Å². The summed E-state index contributed by atoms with van der Waals surface area (Å²) in [7, 11) is 0. The zero-order valence-corrected chi connectivity index (χ0v) is 10.7. The highest BCUT2D eigenvalue weighted by molar-refractivity contribution is 7.80. The van der Waals surface area contributed by atoms with Crippen molar-refractivity contribution >= 4 is 12.6 Å². The summed E-state index contributed by atoms with van der Waals surface area (Å²) in [4.78, 5) is 1.58. The molecule has 1 rings (SSSR count). The summed E-state index contributed by atoms with van der Waals surface area (Å²) in [5.74, 6) is 1.27. The van der Waals surface area contributed by atoms with Gasteiger partial charge < -0.3 is 0 Å². The van der Waals surface area contributed by atoms with E-state index in [9.17, 15) is 13.2 Å². The van der Waals surface area contributed by atoms with Crippen LogP contribution in [0.3, 0.4) is 0 Å². The minimum absolute atomic E-state index is 0.155. The maximum absolute atomic E-state index is 12.4. The molecular weight excluding hydrogens is 235 g/mol. The van der Waals surface area contributed by atoms with Gasteiger partial charge in [-0.3, -0.25) is 4.90 Å². The molecule has 0 amide bonds. The molecule has 1 fully saturated rings. The molecule has 5 heteroatoms. The van der Waals surface area contributed by atoms with Crippen molar-refractivity contribution < 1.29 is 13.2 Å². The zero-order chi connectivity index (χ0) is 12.3. The average Bonchev–Trinajstić information content (AvgIpc) is 2.92. The minimum atomic E-state index is -4.08. The first-order valence-electron chi connectivity index (χ1n) is 5.75. The SMILES string of the molecule is CC(C)C(CS)CN(CC(F)(F)F)C1CC1. The van der Waals surface area contributed by atoms with Crippen LogP contribution in [0.1, 0.15) is 26.7 Å². The lowest BCUT2D eigenvalue weighted by molar-refractivity contribution is -0.148. The average molecular weight is 255 g/mol. The summed E-state index contributed by atoms with van der Waals surface area (Å²) in [6.07, 6.45) is -2.26. The van der Waals surface area contributed by atoms with Gasteiger partial charge in [-0.25, -0.2) is 0 Å². The molecule has 1 aliphatic rings. The largest absolute Gasteiger partial charge is 0.401 e.